The van der Waals surface area contributed by atoms with Gasteiger partial charge in [-0.15, -0.1) is 0 Å². The summed E-state index contributed by atoms with van der Waals surface area (Å²) in [4.78, 5) is 0. The van der Waals surface area contributed by atoms with Crippen LogP contribution >= 0.6 is 0 Å². The van der Waals surface area contributed by atoms with E-state index in [1.807, 2.05) is 36.4 Å². The normalized spacial score (nSPS) is 10.6. The molecule has 5 nitrogen and oxygen atoms in total. The summed E-state index contributed by atoms with van der Waals surface area (Å²) in [6, 6.07) is 11.9. The summed E-state index contributed by atoms with van der Waals surface area (Å²) in [5.41, 5.74) is 9.93. The SMILES string of the molecule is Nc1cn[nH]c1-c1cc(-c2ccccc2)n[nH]1. The Morgan fingerprint density at radius 2 is 1.88 bits per heavy atom. The number of benzene rings is 1. The molecule has 3 aromatic rings. The highest BCUT2D eigenvalue weighted by molar-refractivity contribution is 5.72. The van der Waals surface area contributed by atoms with Crippen LogP contribution in [0, 0.1) is 0 Å². The van der Waals surface area contributed by atoms with Crippen LogP contribution in [0.2, 0.25) is 0 Å². The highest BCUT2D eigenvalue weighted by atomic mass is 15.2. The van der Waals surface area contributed by atoms with Gasteiger partial charge in [0.05, 0.1) is 23.3 Å². The molecule has 0 aliphatic heterocycles. The molecule has 0 unspecified atom stereocenters. The third kappa shape index (κ3) is 1.67. The van der Waals surface area contributed by atoms with Crippen molar-refractivity contribution >= 4 is 5.69 Å². The standard InChI is InChI=1S/C12H11N5/c13-9-7-14-17-12(9)11-6-10(15-16-11)8-4-2-1-3-5-8/h1-7H,13H2,(H,14,17)(H,15,16). The predicted molar refractivity (Wildman–Crippen MR) is 66.0 cm³/mol. The van der Waals surface area contributed by atoms with E-state index in [2.05, 4.69) is 20.4 Å². The highest BCUT2D eigenvalue weighted by Gasteiger charge is 2.09. The number of nitrogen functional groups attached to an aromatic ring is 1. The van der Waals surface area contributed by atoms with Gasteiger partial charge in [0.15, 0.2) is 0 Å². The Hall–Kier alpha value is -2.56. The zero-order valence-corrected chi connectivity index (χ0v) is 9.01. The van der Waals surface area contributed by atoms with Gasteiger partial charge < -0.3 is 5.73 Å². The molecule has 0 bridgehead atoms. The van der Waals surface area contributed by atoms with Gasteiger partial charge in [-0.3, -0.25) is 10.2 Å². The number of H-pyrrole nitrogens is 2. The summed E-state index contributed by atoms with van der Waals surface area (Å²) in [7, 11) is 0. The summed E-state index contributed by atoms with van der Waals surface area (Å²) in [5.74, 6) is 0. The maximum absolute atomic E-state index is 5.78. The number of nitrogens with one attached hydrogen (secondary N) is 2. The average molecular weight is 225 g/mol. The lowest BCUT2D eigenvalue weighted by Gasteiger charge is -1.93. The first kappa shape index (κ1) is 9.65. The molecule has 2 heterocycles. The van der Waals surface area contributed by atoms with Gasteiger partial charge in [0, 0.05) is 5.56 Å². The molecule has 0 aliphatic carbocycles. The minimum absolute atomic E-state index is 0.605. The Morgan fingerprint density at radius 1 is 1.06 bits per heavy atom. The van der Waals surface area contributed by atoms with E-state index in [9.17, 15) is 0 Å². The second kappa shape index (κ2) is 3.79. The molecular formula is C12H11N5. The Bertz CT molecular complexity index is 623. The fourth-order valence-electron chi connectivity index (χ4n) is 1.72. The van der Waals surface area contributed by atoms with E-state index >= 15 is 0 Å². The van der Waals surface area contributed by atoms with Gasteiger partial charge in [-0.1, -0.05) is 30.3 Å². The summed E-state index contributed by atoms with van der Waals surface area (Å²) >= 11 is 0. The van der Waals surface area contributed by atoms with Crippen LogP contribution in [0.3, 0.4) is 0 Å². The number of hydrogen-bond donors (Lipinski definition) is 3. The largest absolute Gasteiger partial charge is 0.396 e. The van der Waals surface area contributed by atoms with Gasteiger partial charge in [0.2, 0.25) is 0 Å². The van der Waals surface area contributed by atoms with Crippen LogP contribution in [0.4, 0.5) is 5.69 Å². The van der Waals surface area contributed by atoms with Gasteiger partial charge in [0.1, 0.15) is 5.69 Å². The molecule has 3 rings (SSSR count). The Morgan fingerprint density at radius 3 is 2.59 bits per heavy atom. The number of anilines is 1. The zero-order valence-electron chi connectivity index (χ0n) is 9.01. The number of aromatic nitrogens is 4. The molecule has 0 fully saturated rings. The maximum atomic E-state index is 5.78. The molecule has 17 heavy (non-hydrogen) atoms. The monoisotopic (exact) mass is 225 g/mol. The van der Waals surface area contributed by atoms with Crippen molar-refractivity contribution in [3.63, 3.8) is 0 Å². The summed E-state index contributed by atoms with van der Waals surface area (Å²) in [6.45, 7) is 0. The van der Waals surface area contributed by atoms with E-state index in [1.54, 1.807) is 6.20 Å². The first-order valence-electron chi connectivity index (χ1n) is 5.24. The van der Waals surface area contributed by atoms with Crippen molar-refractivity contribution in [3.05, 3.63) is 42.6 Å². The van der Waals surface area contributed by atoms with Crippen molar-refractivity contribution in [2.24, 2.45) is 0 Å². The lowest BCUT2D eigenvalue weighted by Crippen LogP contribution is -1.86. The maximum Gasteiger partial charge on any atom is 0.106 e. The van der Waals surface area contributed by atoms with Crippen LogP contribution in [0.1, 0.15) is 0 Å². The number of hydrogen-bond acceptors (Lipinski definition) is 3. The number of nitrogens with zero attached hydrogens (tertiary/aromatic N) is 2. The molecule has 4 N–H and O–H groups in total. The van der Waals surface area contributed by atoms with E-state index in [1.165, 1.54) is 0 Å². The Balaban J connectivity index is 2.02. The van der Waals surface area contributed by atoms with Crippen LogP contribution in [0.5, 0.6) is 0 Å². The molecule has 0 aliphatic rings. The van der Waals surface area contributed by atoms with Crippen LogP contribution in [-0.2, 0) is 0 Å². The Labute approximate surface area is 97.7 Å². The third-order valence-electron chi connectivity index (χ3n) is 2.59. The molecule has 2 aromatic heterocycles. The molecule has 1 aromatic carbocycles. The number of aromatic amines is 2. The quantitative estimate of drug-likeness (QED) is 0.624. The van der Waals surface area contributed by atoms with E-state index < -0.39 is 0 Å². The molecule has 0 spiro atoms. The fourth-order valence-corrected chi connectivity index (χ4v) is 1.72. The van der Waals surface area contributed by atoms with Crippen molar-refractivity contribution in [3.8, 4) is 22.6 Å². The van der Waals surface area contributed by atoms with Gasteiger partial charge in [0.25, 0.3) is 0 Å². The number of nitrogens with two attached hydrogens (primary N) is 1. The van der Waals surface area contributed by atoms with Crippen LogP contribution in [0.25, 0.3) is 22.6 Å². The molecule has 0 atom stereocenters. The average Bonchev–Trinajstić information content (AvgIpc) is 2.98. The minimum atomic E-state index is 0.605. The second-order valence-corrected chi connectivity index (χ2v) is 3.73. The van der Waals surface area contributed by atoms with Crippen molar-refractivity contribution in [1.82, 2.24) is 20.4 Å². The lowest BCUT2D eigenvalue weighted by molar-refractivity contribution is 1.06. The van der Waals surface area contributed by atoms with Crippen molar-refractivity contribution in [1.29, 1.82) is 0 Å². The van der Waals surface area contributed by atoms with Crippen LogP contribution < -0.4 is 5.73 Å². The summed E-state index contributed by atoms with van der Waals surface area (Å²) < 4.78 is 0. The van der Waals surface area contributed by atoms with Gasteiger partial charge >= 0.3 is 0 Å². The molecule has 0 radical (unpaired) electrons. The van der Waals surface area contributed by atoms with E-state index in [4.69, 9.17) is 5.73 Å². The molecule has 0 saturated carbocycles. The smallest absolute Gasteiger partial charge is 0.106 e. The fraction of sp³-hybridized carbons (Fsp3) is 0. The van der Waals surface area contributed by atoms with Crippen molar-refractivity contribution in [2.75, 3.05) is 5.73 Å². The molecule has 84 valence electrons. The van der Waals surface area contributed by atoms with E-state index in [0.717, 1.165) is 22.6 Å². The Kier molecular flexibility index (Phi) is 2.15. The zero-order chi connectivity index (χ0) is 11.7. The highest BCUT2D eigenvalue weighted by Crippen LogP contribution is 2.25. The predicted octanol–water partition coefficient (Wildman–Crippen LogP) is 2.05. The molecule has 0 amide bonds. The van der Waals surface area contributed by atoms with Crippen LogP contribution in [-0.4, -0.2) is 20.4 Å². The van der Waals surface area contributed by atoms with Gasteiger partial charge in [-0.05, 0) is 6.07 Å². The topological polar surface area (TPSA) is 83.4 Å². The summed E-state index contributed by atoms with van der Waals surface area (Å²) in [5, 5.41) is 13.9. The first-order valence-corrected chi connectivity index (χ1v) is 5.24. The van der Waals surface area contributed by atoms with Gasteiger partial charge in [-0.2, -0.15) is 10.2 Å². The second-order valence-electron chi connectivity index (χ2n) is 3.73. The van der Waals surface area contributed by atoms with Gasteiger partial charge in [-0.25, -0.2) is 0 Å². The van der Waals surface area contributed by atoms with E-state index in [0.29, 0.717) is 5.69 Å². The molecule has 0 saturated heterocycles. The van der Waals surface area contributed by atoms with Crippen molar-refractivity contribution < 1.29 is 0 Å². The molecule has 5 heteroatoms. The third-order valence-corrected chi connectivity index (χ3v) is 2.59. The summed E-state index contributed by atoms with van der Waals surface area (Å²) in [6.07, 6.45) is 1.58. The number of rotatable bonds is 2. The minimum Gasteiger partial charge on any atom is -0.396 e. The van der Waals surface area contributed by atoms with Crippen molar-refractivity contribution in [2.45, 2.75) is 0 Å². The first-order chi connectivity index (χ1) is 8.34. The molecular weight excluding hydrogens is 214 g/mol. The lowest BCUT2D eigenvalue weighted by atomic mass is 10.1. The van der Waals surface area contributed by atoms with E-state index in [-0.39, 0.29) is 0 Å². The van der Waals surface area contributed by atoms with Crippen LogP contribution in [0.15, 0.2) is 42.6 Å².